The maximum atomic E-state index is 10.6. The summed E-state index contributed by atoms with van der Waals surface area (Å²) in [6.45, 7) is 7.18. The van der Waals surface area contributed by atoms with Gasteiger partial charge in [0, 0.05) is 13.7 Å². The molecule has 2 rings (SSSR count). The molecule has 0 radical (unpaired) electrons. The second-order valence-electron chi connectivity index (χ2n) is 7.15. The molecule has 0 amide bonds. The molecule has 1 saturated carbocycles. The standard InChI is InChI=1S/C15H28O3/c1-14(2,3)13(17-4)12(16)11-6-9-18-15(10-11)7-5-8-15/h11-13,16H,5-10H2,1-4H3. The molecule has 0 aromatic heterocycles. The van der Waals surface area contributed by atoms with E-state index in [0.717, 1.165) is 19.4 Å². The number of ether oxygens (including phenoxy) is 2. The number of aliphatic hydroxyl groups is 1. The zero-order chi connectivity index (χ0) is 13.4. The largest absolute Gasteiger partial charge is 0.390 e. The van der Waals surface area contributed by atoms with Gasteiger partial charge in [0.25, 0.3) is 0 Å². The van der Waals surface area contributed by atoms with Crippen LogP contribution in [0.5, 0.6) is 0 Å². The normalized spacial score (nSPS) is 30.8. The Kier molecular flexibility index (Phi) is 4.05. The van der Waals surface area contributed by atoms with Crippen molar-refractivity contribution in [3.05, 3.63) is 0 Å². The van der Waals surface area contributed by atoms with E-state index in [9.17, 15) is 5.11 Å². The average Bonchev–Trinajstić information content (AvgIpc) is 2.26. The molecular formula is C15H28O3. The second-order valence-corrected chi connectivity index (χ2v) is 7.15. The van der Waals surface area contributed by atoms with Crippen molar-refractivity contribution in [3.63, 3.8) is 0 Å². The number of hydrogen-bond acceptors (Lipinski definition) is 3. The Morgan fingerprint density at radius 3 is 2.44 bits per heavy atom. The molecule has 1 heterocycles. The first-order valence-corrected chi connectivity index (χ1v) is 7.23. The van der Waals surface area contributed by atoms with Crippen LogP contribution in [0.25, 0.3) is 0 Å². The Labute approximate surface area is 111 Å². The second kappa shape index (κ2) is 5.10. The molecule has 18 heavy (non-hydrogen) atoms. The highest BCUT2D eigenvalue weighted by Crippen LogP contribution is 2.46. The van der Waals surface area contributed by atoms with Gasteiger partial charge in [-0.25, -0.2) is 0 Å². The Bertz CT molecular complexity index is 278. The van der Waals surface area contributed by atoms with Crippen molar-refractivity contribution in [2.75, 3.05) is 13.7 Å². The van der Waals surface area contributed by atoms with Gasteiger partial charge in [0.15, 0.2) is 0 Å². The van der Waals surface area contributed by atoms with Gasteiger partial charge < -0.3 is 14.6 Å². The van der Waals surface area contributed by atoms with Crippen LogP contribution < -0.4 is 0 Å². The molecule has 3 nitrogen and oxygen atoms in total. The molecule has 106 valence electrons. The lowest BCUT2D eigenvalue weighted by atomic mass is 9.69. The van der Waals surface area contributed by atoms with Crippen LogP contribution in [-0.4, -0.2) is 36.6 Å². The zero-order valence-electron chi connectivity index (χ0n) is 12.2. The third kappa shape index (κ3) is 2.73. The monoisotopic (exact) mass is 256 g/mol. The first kappa shape index (κ1) is 14.3. The minimum atomic E-state index is -0.378. The van der Waals surface area contributed by atoms with Crippen LogP contribution >= 0.6 is 0 Å². The van der Waals surface area contributed by atoms with E-state index in [4.69, 9.17) is 9.47 Å². The fourth-order valence-electron chi connectivity index (χ4n) is 3.53. The lowest BCUT2D eigenvalue weighted by Gasteiger charge is -2.49. The number of methoxy groups -OCH3 is 1. The molecule has 3 heteroatoms. The van der Waals surface area contributed by atoms with Crippen LogP contribution in [0.3, 0.4) is 0 Å². The number of hydrogen-bond donors (Lipinski definition) is 1. The van der Waals surface area contributed by atoms with Gasteiger partial charge in [-0.3, -0.25) is 0 Å². The van der Waals surface area contributed by atoms with Gasteiger partial charge in [0.05, 0.1) is 17.8 Å². The van der Waals surface area contributed by atoms with Crippen molar-refractivity contribution in [1.82, 2.24) is 0 Å². The van der Waals surface area contributed by atoms with Crippen molar-refractivity contribution in [2.45, 2.75) is 70.7 Å². The molecule has 3 atom stereocenters. The summed E-state index contributed by atoms with van der Waals surface area (Å²) < 4.78 is 11.5. The first-order chi connectivity index (χ1) is 8.38. The molecular weight excluding hydrogens is 228 g/mol. The first-order valence-electron chi connectivity index (χ1n) is 7.23. The summed E-state index contributed by atoms with van der Waals surface area (Å²) in [4.78, 5) is 0. The van der Waals surface area contributed by atoms with Gasteiger partial charge >= 0.3 is 0 Å². The third-order valence-corrected chi connectivity index (χ3v) is 4.70. The predicted molar refractivity (Wildman–Crippen MR) is 71.5 cm³/mol. The van der Waals surface area contributed by atoms with Crippen LogP contribution in [0.2, 0.25) is 0 Å². The highest BCUT2D eigenvalue weighted by atomic mass is 16.5. The molecule has 0 aromatic rings. The van der Waals surface area contributed by atoms with Gasteiger partial charge in [0.1, 0.15) is 0 Å². The predicted octanol–water partition coefficient (Wildman–Crippen LogP) is 2.76. The Hall–Kier alpha value is -0.120. The molecule has 0 bridgehead atoms. The minimum absolute atomic E-state index is 0.0285. The van der Waals surface area contributed by atoms with Gasteiger partial charge in [-0.2, -0.15) is 0 Å². The number of rotatable bonds is 3. The molecule has 1 spiro atoms. The van der Waals surface area contributed by atoms with E-state index in [2.05, 4.69) is 20.8 Å². The molecule has 0 aromatic carbocycles. The van der Waals surface area contributed by atoms with Gasteiger partial charge in [0.2, 0.25) is 0 Å². The summed E-state index contributed by atoms with van der Waals surface area (Å²) in [6.07, 6.45) is 5.10. The van der Waals surface area contributed by atoms with Crippen molar-refractivity contribution < 1.29 is 14.6 Å². The smallest absolute Gasteiger partial charge is 0.0880 e. The average molecular weight is 256 g/mol. The Morgan fingerprint density at radius 1 is 1.33 bits per heavy atom. The Balaban J connectivity index is 2.01. The maximum absolute atomic E-state index is 10.6. The summed E-state index contributed by atoms with van der Waals surface area (Å²) in [6, 6.07) is 0. The van der Waals surface area contributed by atoms with E-state index in [1.807, 2.05) is 0 Å². The van der Waals surface area contributed by atoms with Gasteiger partial charge in [-0.1, -0.05) is 20.8 Å². The minimum Gasteiger partial charge on any atom is -0.390 e. The molecule has 1 aliphatic carbocycles. The molecule has 1 aliphatic heterocycles. The van der Waals surface area contributed by atoms with E-state index in [1.165, 1.54) is 19.3 Å². The lowest BCUT2D eigenvalue weighted by molar-refractivity contribution is -0.176. The summed E-state index contributed by atoms with van der Waals surface area (Å²) in [5, 5.41) is 10.6. The fourth-order valence-corrected chi connectivity index (χ4v) is 3.53. The van der Waals surface area contributed by atoms with E-state index in [0.29, 0.717) is 5.92 Å². The van der Waals surface area contributed by atoms with Crippen molar-refractivity contribution in [2.24, 2.45) is 11.3 Å². The van der Waals surface area contributed by atoms with Crippen molar-refractivity contribution >= 4 is 0 Å². The van der Waals surface area contributed by atoms with Crippen LogP contribution in [0.1, 0.15) is 52.9 Å². The van der Waals surface area contributed by atoms with Crippen LogP contribution in [0.4, 0.5) is 0 Å². The van der Waals surface area contributed by atoms with E-state index >= 15 is 0 Å². The number of aliphatic hydroxyl groups excluding tert-OH is 1. The van der Waals surface area contributed by atoms with E-state index in [1.54, 1.807) is 7.11 Å². The van der Waals surface area contributed by atoms with E-state index in [-0.39, 0.29) is 23.2 Å². The van der Waals surface area contributed by atoms with Crippen LogP contribution in [0, 0.1) is 11.3 Å². The Morgan fingerprint density at radius 2 is 2.00 bits per heavy atom. The summed E-state index contributed by atoms with van der Waals surface area (Å²) in [7, 11) is 1.71. The summed E-state index contributed by atoms with van der Waals surface area (Å²) >= 11 is 0. The van der Waals surface area contributed by atoms with Gasteiger partial charge in [-0.15, -0.1) is 0 Å². The van der Waals surface area contributed by atoms with Crippen LogP contribution in [0.15, 0.2) is 0 Å². The van der Waals surface area contributed by atoms with E-state index < -0.39 is 0 Å². The maximum Gasteiger partial charge on any atom is 0.0880 e. The van der Waals surface area contributed by atoms with Crippen molar-refractivity contribution in [3.8, 4) is 0 Å². The highest BCUT2D eigenvalue weighted by Gasteiger charge is 2.46. The summed E-state index contributed by atoms with van der Waals surface area (Å²) in [5.41, 5.74) is 0.0688. The van der Waals surface area contributed by atoms with Gasteiger partial charge in [-0.05, 0) is 43.4 Å². The lowest BCUT2D eigenvalue weighted by Crippen LogP contribution is -2.51. The SMILES string of the molecule is COC(C(O)C1CCOC2(CCC2)C1)C(C)(C)C. The molecule has 2 aliphatic rings. The quantitative estimate of drug-likeness (QED) is 0.844. The summed E-state index contributed by atoms with van der Waals surface area (Å²) in [5.74, 6) is 0.322. The third-order valence-electron chi connectivity index (χ3n) is 4.70. The zero-order valence-corrected chi connectivity index (χ0v) is 12.2. The highest BCUT2D eigenvalue weighted by molar-refractivity contribution is 4.97. The molecule has 3 unspecified atom stereocenters. The van der Waals surface area contributed by atoms with Crippen LogP contribution in [-0.2, 0) is 9.47 Å². The molecule has 1 N–H and O–H groups in total. The van der Waals surface area contributed by atoms with Crippen molar-refractivity contribution in [1.29, 1.82) is 0 Å². The topological polar surface area (TPSA) is 38.7 Å². The molecule has 2 fully saturated rings. The molecule has 1 saturated heterocycles. The fraction of sp³-hybridized carbons (Fsp3) is 1.00.